The predicted molar refractivity (Wildman–Crippen MR) is 91.6 cm³/mol. The van der Waals surface area contributed by atoms with Crippen molar-refractivity contribution in [3.05, 3.63) is 0 Å². The molecule has 0 bridgehead atoms. The van der Waals surface area contributed by atoms with Gasteiger partial charge in [0, 0.05) is 6.42 Å². The molecule has 0 aromatic heterocycles. The summed E-state index contributed by atoms with van der Waals surface area (Å²) in [4.78, 5) is 13.8. The zero-order valence-electron chi connectivity index (χ0n) is 15.5. The molecular weight excluding hydrogens is 278 g/mol. The molecule has 0 saturated carbocycles. The van der Waals surface area contributed by atoms with Gasteiger partial charge in [-0.3, -0.25) is 9.69 Å². The van der Waals surface area contributed by atoms with E-state index in [0.717, 1.165) is 12.8 Å². The molecule has 0 fully saturated rings. The highest BCUT2D eigenvalue weighted by Gasteiger charge is 2.37. The second kappa shape index (κ2) is 11.0. The van der Waals surface area contributed by atoms with Crippen molar-refractivity contribution in [3.8, 4) is 0 Å². The van der Waals surface area contributed by atoms with E-state index in [1.54, 1.807) is 11.8 Å². The van der Waals surface area contributed by atoms with E-state index in [1.165, 1.54) is 25.7 Å². The first-order valence-electron chi connectivity index (χ1n) is 8.79. The van der Waals surface area contributed by atoms with Crippen molar-refractivity contribution < 1.29 is 14.6 Å². The molecular formula is C18H37NO3. The predicted octanol–water partition coefficient (Wildman–Crippen LogP) is 3.97. The second-order valence-corrected chi connectivity index (χ2v) is 7.28. The van der Waals surface area contributed by atoms with Crippen LogP contribution in [0.25, 0.3) is 0 Å². The van der Waals surface area contributed by atoms with Gasteiger partial charge in [-0.1, -0.05) is 52.9 Å². The third-order valence-electron chi connectivity index (χ3n) is 3.80. The Morgan fingerprint density at radius 3 is 2.18 bits per heavy atom. The summed E-state index contributed by atoms with van der Waals surface area (Å²) in [7, 11) is 3.66. The van der Waals surface area contributed by atoms with Gasteiger partial charge in [-0.25, -0.2) is 0 Å². The SMILES string of the molecule is CCCCCCCCC(=O)OC(N(C)C)C(C)(O)CC(C)C. The Balaban J connectivity index is 4.25. The molecule has 0 rings (SSSR count). The van der Waals surface area contributed by atoms with Crippen LogP contribution in [0, 0.1) is 5.92 Å². The molecule has 0 aromatic carbocycles. The average Bonchev–Trinajstić information content (AvgIpc) is 2.38. The topological polar surface area (TPSA) is 49.8 Å². The number of esters is 1. The van der Waals surface area contributed by atoms with E-state index in [2.05, 4.69) is 20.8 Å². The van der Waals surface area contributed by atoms with Crippen LogP contribution in [-0.4, -0.2) is 41.9 Å². The van der Waals surface area contributed by atoms with Crippen molar-refractivity contribution in [2.75, 3.05) is 14.1 Å². The lowest BCUT2D eigenvalue weighted by molar-refractivity contribution is -0.187. The maximum Gasteiger partial charge on any atom is 0.307 e. The van der Waals surface area contributed by atoms with Crippen LogP contribution >= 0.6 is 0 Å². The van der Waals surface area contributed by atoms with Crippen molar-refractivity contribution in [1.29, 1.82) is 0 Å². The van der Waals surface area contributed by atoms with Gasteiger partial charge in [0.15, 0.2) is 6.23 Å². The molecule has 0 aliphatic heterocycles. The Labute approximate surface area is 137 Å². The smallest absolute Gasteiger partial charge is 0.307 e. The number of aliphatic hydroxyl groups is 1. The molecule has 22 heavy (non-hydrogen) atoms. The molecule has 2 atom stereocenters. The van der Waals surface area contributed by atoms with Crippen LogP contribution in [0.5, 0.6) is 0 Å². The molecule has 0 radical (unpaired) electrons. The van der Waals surface area contributed by atoms with Crippen LogP contribution in [0.15, 0.2) is 0 Å². The summed E-state index contributed by atoms with van der Waals surface area (Å²) in [6, 6.07) is 0. The molecule has 4 nitrogen and oxygen atoms in total. The van der Waals surface area contributed by atoms with Crippen molar-refractivity contribution in [1.82, 2.24) is 4.90 Å². The van der Waals surface area contributed by atoms with Gasteiger partial charge in [0.2, 0.25) is 0 Å². The third kappa shape index (κ3) is 9.42. The lowest BCUT2D eigenvalue weighted by Crippen LogP contribution is -2.51. The lowest BCUT2D eigenvalue weighted by atomic mass is 9.92. The zero-order valence-corrected chi connectivity index (χ0v) is 15.5. The van der Waals surface area contributed by atoms with Crippen LogP contribution in [0.4, 0.5) is 0 Å². The first-order chi connectivity index (χ1) is 10.2. The zero-order chi connectivity index (χ0) is 17.2. The molecule has 132 valence electrons. The normalized spacial score (nSPS) is 15.9. The van der Waals surface area contributed by atoms with Gasteiger partial charge in [-0.2, -0.15) is 0 Å². The molecule has 4 heteroatoms. The first-order valence-corrected chi connectivity index (χ1v) is 8.79. The van der Waals surface area contributed by atoms with Crippen molar-refractivity contribution >= 4 is 5.97 Å². The van der Waals surface area contributed by atoms with Crippen molar-refractivity contribution in [3.63, 3.8) is 0 Å². The number of hydrogen-bond acceptors (Lipinski definition) is 4. The van der Waals surface area contributed by atoms with Crippen molar-refractivity contribution in [2.45, 2.75) is 90.9 Å². The lowest BCUT2D eigenvalue weighted by Gasteiger charge is -2.37. The van der Waals surface area contributed by atoms with E-state index in [0.29, 0.717) is 18.8 Å². The average molecular weight is 315 g/mol. The number of ether oxygens (including phenoxy) is 1. The van der Waals surface area contributed by atoms with Crippen LogP contribution in [0.1, 0.15) is 79.1 Å². The molecule has 0 spiro atoms. The maximum atomic E-state index is 12.0. The maximum absolute atomic E-state index is 12.0. The first kappa shape index (κ1) is 21.4. The fourth-order valence-electron chi connectivity index (χ4n) is 2.95. The Morgan fingerprint density at radius 1 is 1.14 bits per heavy atom. The standard InChI is InChI=1S/C18H37NO3/c1-7-8-9-10-11-12-13-16(20)22-17(19(5)6)18(4,21)14-15(2)3/h15,17,21H,7-14H2,1-6H3. The summed E-state index contributed by atoms with van der Waals surface area (Å²) in [5.74, 6) is 0.132. The summed E-state index contributed by atoms with van der Waals surface area (Å²) >= 11 is 0. The van der Waals surface area contributed by atoms with E-state index in [1.807, 2.05) is 14.1 Å². The van der Waals surface area contributed by atoms with Gasteiger partial charge in [0.1, 0.15) is 5.60 Å². The summed E-state index contributed by atoms with van der Waals surface area (Å²) in [6.07, 6.45) is 7.32. The number of rotatable bonds is 12. The highest BCUT2D eigenvalue weighted by atomic mass is 16.6. The van der Waals surface area contributed by atoms with Crippen LogP contribution in [0.3, 0.4) is 0 Å². The molecule has 1 N–H and O–H groups in total. The van der Waals surface area contributed by atoms with Gasteiger partial charge in [-0.05, 0) is 39.8 Å². The van der Waals surface area contributed by atoms with E-state index in [9.17, 15) is 9.90 Å². The fraction of sp³-hybridized carbons (Fsp3) is 0.944. The number of carbonyl (C=O) groups excluding carboxylic acids is 1. The molecule has 0 aromatic rings. The van der Waals surface area contributed by atoms with E-state index in [4.69, 9.17) is 4.74 Å². The van der Waals surface area contributed by atoms with Crippen molar-refractivity contribution in [2.24, 2.45) is 5.92 Å². The Hall–Kier alpha value is -0.610. The Morgan fingerprint density at radius 2 is 1.68 bits per heavy atom. The molecule has 0 heterocycles. The van der Waals surface area contributed by atoms with Crippen LogP contribution in [0.2, 0.25) is 0 Å². The number of hydrogen-bond donors (Lipinski definition) is 1. The minimum atomic E-state index is -1.03. The Bertz CT molecular complexity index is 301. The van der Waals surface area contributed by atoms with E-state index < -0.39 is 11.8 Å². The van der Waals surface area contributed by atoms with Crippen LogP contribution in [-0.2, 0) is 9.53 Å². The second-order valence-electron chi connectivity index (χ2n) is 7.28. The quantitative estimate of drug-likeness (QED) is 0.336. The highest BCUT2D eigenvalue weighted by Crippen LogP contribution is 2.24. The fourth-order valence-corrected chi connectivity index (χ4v) is 2.95. The monoisotopic (exact) mass is 315 g/mol. The third-order valence-corrected chi connectivity index (χ3v) is 3.80. The summed E-state index contributed by atoms with van der Waals surface area (Å²) in [5, 5.41) is 10.6. The number of likely N-dealkylation sites (N-methyl/N-ethyl adjacent to an activating group) is 1. The van der Waals surface area contributed by atoms with Gasteiger partial charge in [0.25, 0.3) is 0 Å². The summed E-state index contributed by atoms with van der Waals surface area (Å²) < 4.78 is 5.54. The van der Waals surface area contributed by atoms with E-state index >= 15 is 0 Å². The van der Waals surface area contributed by atoms with Crippen LogP contribution < -0.4 is 0 Å². The largest absolute Gasteiger partial charge is 0.443 e. The van der Waals surface area contributed by atoms with E-state index in [-0.39, 0.29) is 5.97 Å². The number of nitrogens with zero attached hydrogens (tertiary/aromatic N) is 1. The minimum Gasteiger partial charge on any atom is -0.443 e. The molecule has 0 aliphatic rings. The summed E-state index contributed by atoms with van der Waals surface area (Å²) in [6.45, 7) is 8.05. The van der Waals surface area contributed by atoms with Gasteiger partial charge < -0.3 is 9.84 Å². The minimum absolute atomic E-state index is 0.210. The van der Waals surface area contributed by atoms with Gasteiger partial charge in [-0.15, -0.1) is 0 Å². The Kier molecular flexibility index (Phi) is 10.7. The molecule has 0 saturated heterocycles. The highest BCUT2D eigenvalue weighted by molar-refractivity contribution is 5.69. The molecule has 0 amide bonds. The summed E-state index contributed by atoms with van der Waals surface area (Å²) in [5.41, 5.74) is -1.03. The van der Waals surface area contributed by atoms with Gasteiger partial charge in [0.05, 0.1) is 0 Å². The molecule has 2 unspecified atom stereocenters. The number of carbonyl (C=O) groups is 1. The molecule has 0 aliphatic carbocycles. The van der Waals surface area contributed by atoms with Gasteiger partial charge >= 0.3 is 5.97 Å². The number of unbranched alkanes of at least 4 members (excludes halogenated alkanes) is 5.